The molecular weight excluding hydrogens is 1570 g/mol. The fraction of sp³-hybridized carbons (Fsp3) is 0.150. The van der Waals surface area contributed by atoms with Crippen molar-refractivity contribution in [2.45, 2.75) is 71.6 Å². The van der Waals surface area contributed by atoms with E-state index in [0.717, 1.165) is 24.3 Å². The summed E-state index contributed by atoms with van der Waals surface area (Å²) in [6.45, 7) is 0. The summed E-state index contributed by atoms with van der Waals surface area (Å²) in [4.78, 5) is 28.6. The summed E-state index contributed by atoms with van der Waals surface area (Å²) in [6.07, 6.45) is -9.90. The Kier molecular flexibility index (Phi) is 18.5. The molecule has 0 amide bonds. The monoisotopic (exact) mass is 1610 g/mol. The SMILES string of the molecule is FC(F)(F)C(F)(F)C(F)(F)C(F)(F)C(F)(F)C(F)(F)c1c2nc(c(-c3ccccc3)c3ccc(cc4nc(c(-c5ccccc5)c5ccc1[nH]5)C=C4C#CC#CC1=Cc4nc1cc1ccc([nH]1)c(-c1ccccc1)c1nc(c(C(F)(F)C(F)(F)C(F)(F)C(F)(F)C(F)(F)C(F)(F)F)c5ccc([nH]5)c4-c4ccccc4)C=C1)[nH]3)C=C2. The van der Waals surface area contributed by atoms with Gasteiger partial charge in [-0.25, -0.2) is 19.9 Å². The van der Waals surface area contributed by atoms with Crippen LogP contribution in [-0.4, -0.2) is 99.6 Å². The van der Waals surface area contributed by atoms with E-state index in [0.29, 0.717) is 24.3 Å². The molecule has 0 saturated heterocycles. The molecule has 4 aliphatic rings. The zero-order valence-corrected chi connectivity index (χ0v) is 56.4. The van der Waals surface area contributed by atoms with E-state index >= 15 is 52.7 Å². The van der Waals surface area contributed by atoms with Crippen molar-refractivity contribution < 1.29 is 114 Å². The van der Waals surface area contributed by atoms with Gasteiger partial charge in [-0.05, 0) is 131 Å². The number of benzene rings is 4. The molecule has 0 atom stereocenters. The number of allylic oxidation sites excluding steroid dienone is 2. The third-order valence-electron chi connectivity index (χ3n) is 18.6. The number of aromatic nitrogens is 8. The molecule has 4 aromatic carbocycles. The first-order chi connectivity index (χ1) is 53.4. The lowest BCUT2D eigenvalue weighted by Gasteiger charge is -2.39. The number of fused-ring (bicyclic) bond motifs is 16. The molecule has 14 rings (SSSR count). The van der Waals surface area contributed by atoms with Crippen LogP contribution in [0.25, 0.3) is 136 Å². The number of nitrogens with one attached hydrogen (secondary N) is 4. The van der Waals surface area contributed by atoms with Crippen LogP contribution in [0.5, 0.6) is 0 Å². The summed E-state index contributed by atoms with van der Waals surface area (Å²) in [6, 6.07) is 40.7. The van der Waals surface area contributed by atoms with Gasteiger partial charge >= 0.3 is 71.6 Å². The Morgan fingerprint density at radius 3 is 0.816 bits per heavy atom. The standard InChI is InChI=1S/C80H40F26N8/c81-69(82,71(85,86)73(89,90)75(93,94)77(97,98)79(101,102)103)67-55-33-29-51(109-55)63(41-15-5-1-6-16-41)49-27-25-47(107-49)39-59-45(37-61(113-59)65(43-19-9-3-10-20-43)53-31-35-57(67)111-53)23-13-14-24-46-38-62-66(44-21-11-4-12-22-44)54-32-36-58(112-54)68(70(83,84)72(87,88)74(91,92)76(95,96)78(99,100)80(104,105)106)56-34-30-52(110-56)64(42-17-7-2-8-18-42)50-28-26-48(108-50)40-60(46)114-62/h1-12,15-22,25-40,107-108,111-112H. The van der Waals surface area contributed by atoms with Crippen LogP contribution in [0.4, 0.5) is 114 Å². The van der Waals surface area contributed by atoms with Crippen LogP contribution in [0.1, 0.15) is 56.7 Å². The second kappa shape index (κ2) is 27.1. The maximum Gasteiger partial charge on any atom is 0.460 e. The van der Waals surface area contributed by atoms with E-state index in [2.05, 4.69) is 53.6 Å². The first-order valence-electron chi connectivity index (χ1n) is 32.9. The molecule has 0 aliphatic carbocycles. The molecule has 6 aromatic heterocycles. The van der Waals surface area contributed by atoms with Gasteiger partial charge in [0.25, 0.3) is 0 Å². The number of alkyl halides is 26. The Morgan fingerprint density at radius 1 is 0.246 bits per heavy atom. The number of H-pyrrole nitrogens is 4. The van der Waals surface area contributed by atoms with Gasteiger partial charge in [0.15, 0.2) is 0 Å². The van der Waals surface area contributed by atoms with Crippen molar-refractivity contribution in [1.29, 1.82) is 0 Å². The predicted molar refractivity (Wildman–Crippen MR) is 372 cm³/mol. The lowest BCUT2D eigenvalue weighted by Crippen LogP contribution is -2.69. The normalized spacial score (nSPS) is 14.1. The molecule has 0 spiro atoms. The summed E-state index contributed by atoms with van der Waals surface area (Å²) in [5.41, 5.74) is -12.0. The molecule has 34 heteroatoms. The summed E-state index contributed by atoms with van der Waals surface area (Å²) in [7, 11) is 0. The lowest BCUT2D eigenvalue weighted by atomic mass is 9.90. The lowest BCUT2D eigenvalue weighted by molar-refractivity contribution is -0.441. The van der Waals surface area contributed by atoms with Crippen molar-refractivity contribution >= 4 is 91.7 Å². The van der Waals surface area contributed by atoms with Crippen LogP contribution in [0, 0.1) is 23.7 Å². The molecule has 8 nitrogen and oxygen atoms in total. The molecule has 0 radical (unpaired) electrons. The summed E-state index contributed by atoms with van der Waals surface area (Å²) in [5, 5.41) is 0. The molecule has 0 unspecified atom stereocenters. The smallest absolute Gasteiger partial charge is 0.355 e. The number of rotatable bonds is 14. The van der Waals surface area contributed by atoms with Crippen LogP contribution >= 0.6 is 0 Å². The van der Waals surface area contributed by atoms with E-state index in [9.17, 15) is 61.5 Å². The predicted octanol–water partition coefficient (Wildman–Crippen LogP) is 24.1. The van der Waals surface area contributed by atoms with E-state index in [-0.39, 0.29) is 100 Å². The average Bonchev–Trinajstić information content (AvgIpc) is 1.60. The van der Waals surface area contributed by atoms with Gasteiger partial charge in [-0.15, -0.1) is 0 Å². The zero-order chi connectivity index (χ0) is 82.1. The van der Waals surface area contributed by atoms with Gasteiger partial charge in [-0.3, -0.25) is 0 Å². The molecule has 582 valence electrons. The third kappa shape index (κ3) is 12.4. The van der Waals surface area contributed by atoms with Gasteiger partial charge in [0.05, 0.1) is 78.9 Å². The van der Waals surface area contributed by atoms with Crippen molar-refractivity contribution in [2.75, 3.05) is 0 Å². The quantitative estimate of drug-likeness (QED) is 0.0641. The zero-order valence-electron chi connectivity index (χ0n) is 56.4. The van der Waals surface area contributed by atoms with Crippen LogP contribution < -0.4 is 0 Å². The van der Waals surface area contributed by atoms with Crippen LogP contribution in [0.3, 0.4) is 0 Å². The van der Waals surface area contributed by atoms with Crippen molar-refractivity contribution in [1.82, 2.24) is 39.9 Å². The van der Waals surface area contributed by atoms with Crippen molar-refractivity contribution in [3.05, 3.63) is 239 Å². The van der Waals surface area contributed by atoms with Gasteiger partial charge in [0.2, 0.25) is 0 Å². The minimum atomic E-state index is -8.26. The Balaban J connectivity index is 0.982. The van der Waals surface area contributed by atoms with Crippen molar-refractivity contribution in [3.8, 4) is 68.2 Å². The first-order valence-corrected chi connectivity index (χ1v) is 32.9. The van der Waals surface area contributed by atoms with Gasteiger partial charge < -0.3 is 19.9 Å². The minimum Gasteiger partial charge on any atom is -0.355 e. The number of aromatic amines is 4. The number of nitrogens with zero attached hydrogens (tertiary/aromatic N) is 4. The molecule has 16 bridgehead atoms. The largest absolute Gasteiger partial charge is 0.460 e. The highest BCUT2D eigenvalue weighted by atomic mass is 19.4. The van der Waals surface area contributed by atoms with Crippen molar-refractivity contribution in [2.24, 2.45) is 0 Å². The van der Waals surface area contributed by atoms with Crippen LogP contribution in [0.2, 0.25) is 0 Å². The van der Waals surface area contributed by atoms with E-state index < -0.39 is 128 Å². The minimum absolute atomic E-state index is 0.0336. The Hall–Kier alpha value is -12.6. The molecule has 10 aromatic rings. The van der Waals surface area contributed by atoms with E-state index in [1.807, 2.05) is 0 Å². The summed E-state index contributed by atoms with van der Waals surface area (Å²) >= 11 is 0. The molecule has 0 saturated carbocycles. The van der Waals surface area contributed by atoms with Crippen LogP contribution in [0.15, 0.2) is 182 Å². The maximum absolute atomic E-state index is 17.2. The number of halogens is 26. The highest BCUT2D eigenvalue weighted by Gasteiger charge is 2.92. The summed E-state index contributed by atoms with van der Waals surface area (Å²) < 4.78 is 394. The Morgan fingerprint density at radius 2 is 0.509 bits per heavy atom. The average molecular weight is 1610 g/mol. The van der Waals surface area contributed by atoms with Gasteiger partial charge in [0.1, 0.15) is 0 Å². The Labute approximate surface area is 622 Å². The molecule has 4 aliphatic heterocycles. The number of hydrogen-bond donors (Lipinski definition) is 4. The fourth-order valence-corrected chi connectivity index (χ4v) is 12.9. The summed E-state index contributed by atoms with van der Waals surface area (Å²) in [5.74, 6) is -67.4. The second-order valence-electron chi connectivity index (χ2n) is 25.8. The van der Waals surface area contributed by atoms with E-state index in [1.54, 1.807) is 0 Å². The highest BCUT2D eigenvalue weighted by Crippen LogP contribution is 2.65. The number of hydrogen-bond acceptors (Lipinski definition) is 4. The molecule has 0 fully saturated rings. The Bertz CT molecular complexity index is 5800. The van der Waals surface area contributed by atoms with Crippen LogP contribution in [-0.2, 0) is 11.8 Å². The molecular formula is C80H40F26N8. The highest BCUT2D eigenvalue weighted by molar-refractivity contribution is 6.02. The maximum atomic E-state index is 17.2. The molecule has 10 heterocycles. The van der Waals surface area contributed by atoms with E-state index in [1.165, 1.54) is 170 Å². The van der Waals surface area contributed by atoms with Gasteiger partial charge in [0, 0.05) is 55.4 Å². The van der Waals surface area contributed by atoms with Gasteiger partial charge in [-0.2, -0.15) is 114 Å². The topological polar surface area (TPSA) is 115 Å². The third-order valence-corrected chi connectivity index (χ3v) is 18.6. The molecule has 114 heavy (non-hydrogen) atoms. The first kappa shape index (κ1) is 78.1. The second-order valence-corrected chi connectivity index (χ2v) is 25.8. The fourth-order valence-electron chi connectivity index (χ4n) is 12.9. The van der Waals surface area contributed by atoms with Crippen molar-refractivity contribution in [3.63, 3.8) is 0 Å². The van der Waals surface area contributed by atoms with E-state index in [4.69, 9.17) is 9.97 Å². The molecule has 4 N–H and O–H groups in total. The van der Waals surface area contributed by atoms with Gasteiger partial charge in [-0.1, -0.05) is 133 Å².